The van der Waals surface area contributed by atoms with Gasteiger partial charge in [0, 0.05) is 18.5 Å². The van der Waals surface area contributed by atoms with Crippen molar-refractivity contribution in [2.24, 2.45) is 13.0 Å². The lowest BCUT2D eigenvalue weighted by Gasteiger charge is -2.08. The van der Waals surface area contributed by atoms with E-state index < -0.39 is 0 Å². The number of halogens is 1. The zero-order valence-corrected chi connectivity index (χ0v) is 14.3. The Morgan fingerprint density at radius 3 is 2.57 bits per heavy atom. The Morgan fingerprint density at radius 1 is 1.29 bits per heavy atom. The second-order valence-corrected chi connectivity index (χ2v) is 6.95. The lowest BCUT2D eigenvalue weighted by molar-refractivity contribution is 0.552. The monoisotopic (exact) mass is 323 g/mol. The number of hydrogen-bond acceptors (Lipinski definition) is 3. The van der Waals surface area contributed by atoms with E-state index in [4.69, 9.17) is 11.6 Å². The topological polar surface area (TPSA) is 29.9 Å². The summed E-state index contributed by atoms with van der Waals surface area (Å²) in [5.74, 6) is 2.51. The van der Waals surface area contributed by atoms with Crippen LogP contribution in [0.15, 0.2) is 35.4 Å². The van der Waals surface area contributed by atoms with Gasteiger partial charge < -0.3 is 9.88 Å². The summed E-state index contributed by atoms with van der Waals surface area (Å²) in [5.41, 5.74) is 1.32. The molecule has 0 saturated carbocycles. The molecule has 0 saturated heterocycles. The third kappa shape index (κ3) is 5.06. The van der Waals surface area contributed by atoms with Gasteiger partial charge in [0.15, 0.2) is 0 Å². The third-order valence-electron chi connectivity index (χ3n) is 3.20. The average Bonchev–Trinajstić information content (AvgIpc) is 2.78. The zero-order valence-electron chi connectivity index (χ0n) is 12.8. The third-order valence-corrected chi connectivity index (χ3v) is 4.56. The summed E-state index contributed by atoms with van der Waals surface area (Å²) in [4.78, 5) is 5.56. The Morgan fingerprint density at radius 2 is 2.00 bits per heavy atom. The molecule has 1 N–H and O–H groups in total. The van der Waals surface area contributed by atoms with Gasteiger partial charge in [0.1, 0.15) is 11.0 Å². The molecule has 21 heavy (non-hydrogen) atoms. The van der Waals surface area contributed by atoms with E-state index in [1.807, 2.05) is 11.6 Å². The standard InChI is InChI=1S/C16H22ClN3S/c1-12(2)8-18-9-13-4-6-14(7-5-13)21-11-16-19-10-15(17)20(16)3/h4-7,10,12,18H,8-9,11H2,1-3H3. The van der Waals surface area contributed by atoms with Gasteiger partial charge in [-0.2, -0.15) is 0 Å². The van der Waals surface area contributed by atoms with Gasteiger partial charge in [-0.15, -0.1) is 11.8 Å². The van der Waals surface area contributed by atoms with E-state index >= 15 is 0 Å². The quantitative estimate of drug-likeness (QED) is 0.778. The fourth-order valence-electron chi connectivity index (χ4n) is 1.91. The van der Waals surface area contributed by atoms with Crippen molar-refractivity contribution >= 4 is 23.4 Å². The molecular formula is C16H22ClN3S. The van der Waals surface area contributed by atoms with Crippen LogP contribution >= 0.6 is 23.4 Å². The Labute approximate surface area is 136 Å². The molecule has 1 aromatic carbocycles. The van der Waals surface area contributed by atoms with Gasteiger partial charge in [-0.05, 0) is 30.2 Å². The van der Waals surface area contributed by atoms with Crippen LogP contribution in [0.1, 0.15) is 25.2 Å². The van der Waals surface area contributed by atoms with Crippen molar-refractivity contribution < 1.29 is 0 Å². The van der Waals surface area contributed by atoms with Gasteiger partial charge in [-0.1, -0.05) is 37.6 Å². The van der Waals surface area contributed by atoms with Crippen LogP contribution in [0, 0.1) is 5.92 Å². The van der Waals surface area contributed by atoms with Crippen LogP contribution in [-0.2, 0) is 19.3 Å². The molecule has 0 radical (unpaired) electrons. The van der Waals surface area contributed by atoms with Gasteiger partial charge in [-0.25, -0.2) is 4.98 Å². The van der Waals surface area contributed by atoms with Crippen molar-refractivity contribution in [3.05, 3.63) is 47.0 Å². The molecule has 1 aromatic heterocycles. The van der Waals surface area contributed by atoms with Crippen LogP contribution in [0.4, 0.5) is 0 Å². The average molecular weight is 324 g/mol. The Hall–Kier alpha value is -0.970. The van der Waals surface area contributed by atoms with E-state index in [9.17, 15) is 0 Å². The molecule has 0 atom stereocenters. The maximum Gasteiger partial charge on any atom is 0.128 e. The van der Waals surface area contributed by atoms with Crippen molar-refractivity contribution in [1.29, 1.82) is 0 Å². The highest BCUT2D eigenvalue weighted by Gasteiger charge is 2.05. The van der Waals surface area contributed by atoms with E-state index in [0.29, 0.717) is 11.1 Å². The second kappa shape index (κ2) is 7.87. The van der Waals surface area contributed by atoms with Crippen LogP contribution in [0.25, 0.3) is 0 Å². The fraction of sp³-hybridized carbons (Fsp3) is 0.438. The first-order valence-electron chi connectivity index (χ1n) is 7.15. The first-order chi connectivity index (χ1) is 10.1. The molecule has 0 bridgehead atoms. The number of nitrogens with one attached hydrogen (secondary N) is 1. The molecule has 114 valence electrons. The number of aromatic nitrogens is 2. The summed E-state index contributed by atoms with van der Waals surface area (Å²) in [6.45, 7) is 6.42. The number of hydrogen-bond donors (Lipinski definition) is 1. The molecule has 3 nitrogen and oxygen atoms in total. The maximum atomic E-state index is 5.99. The predicted octanol–water partition coefficient (Wildman–Crippen LogP) is 4.11. The molecule has 0 aliphatic heterocycles. The number of rotatable bonds is 7. The number of imidazole rings is 1. The fourth-order valence-corrected chi connectivity index (χ4v) is 2.95. The lowest BCUT2D eigenvalue weighted by atomic mass is 10.2. The molecule has 0 amide bonds. The van der Waals surface area contributed by atoms with Crippen molar-refractivity contribution in [2.45, 2.75) is 31.0 Å². The van der Waals surface area contributed by atoms with Gasteiger partial charge in [0.2, 0.25) is 0 Å². The maximum absolute atomic E-state index is 5.99. The Balaban J connectivity index is 1.83. The molecular weight excluding hydrogens is 302 g/mol. The SMILES string of the molecule is CC(C)CNCc1ccc(SCc2ncc(Cl)n2C)cc1. The van der Waals surface area contributed by atoms with Gasteiger partial charge in [0.25, 0.3) is 0 Å². The minimum absolute atomic E-state index is 0.678. The minimum Gasteiger partial charge on any atom is -0.322 e. The highest BCUT2D eigenvalue weighted by Crippen LogP contribution is 2.23. The van der Waals surface area contributed by atoms with Crippen LogP contribution < -0.4 is 5.32 Å². The molecule has 0 spiro atoms. The predicted molar refractivity (Wildman–Crippen MR) is 90.8 cm³/mol. The summed E-state index contributed by atoms with van der Waals surface area (Å²) >= 11 is 7.76. The van der Waals surface area contributed by atoms with E-state index in [0.717, 1.165) is 24.7 Å². The summed E-state index contributed by atoms with van der Waals surface area (Å²) in [7, 11) is 1.94. The Kier molecular flexibility index (Phi) is 6.15. The molecule has 0 unspecified atom stereocenters. The molecule has 0 fully saturated rings. The Bertz CT molecular complexity index is 563. The van der Waals surface area contributed by atoms with E-state index in [1.54, 1.807) is 18.0 Å². The minimum atomic E-state index is 0.678. The van der Waals surface area contributed by atoms with Crippen molar-refractivity contribution in [1.82, 2.24) is 14.9 Å². The molecule has 1 heterocycles. The first-order valence-corrected chi connectivity index (χ1v) is 8.51. The number of thioether (sulfide) groups is 1. The summed E-state index contributed by atoms with van der Waals surface area (Å²) < 4.78 is 1.92. The van der Waals surface area contributed by atoms with Crippen LogP contribution in [0.3, 0.4) is 0 Å². The smallest absolute Gasteiger partial charge is 0.128 e. The summed E-state index contributed by atoms with van der Waals surface area (Å²) in [6, 6.07) is 8.70. The van der Waals surface area contributed by atoms with Crippen LogP contribution in [0.5, 0.6) is 0 Å². The normalized spacial score (nSPS) is 11.3. The number of nitrogens with zero attached hydrogens (tertiary/aromatic N) is 2. The van der Waals surface area contributed by atoms with Gasteiger partial charge >= 0.3 is 0 Å². The van der Waals surface area contributed by atoms with Gasteiger partial charge in [0.05, 0.1) is 11.9 Å². The molecule has 2 aromatic rings. The summed E-state index contributed by atoms with van der Waals surface area (Å²) in [6.07, 6.45) is 1.70. The highest BCUT2D eigenvalue weighted by atomic mass is 35.5. The van der Waals surface area contributed by atoms with E-state index in [-0.39, 0.29) is 0 Å². The van der Waals surface area contributed by atoms with Gasteiger partial charge in [-0.3, -0.25) is 0 Å². The largest absolute Gasteiger partial charge is 0.322 e. The van der Waals surface area contributed by atoms with Crippen molar-refractivity contribution in [3.8, 4) is 0 Å². The first kappa shape index (κ1) is 16.4. The van der Waals surface area contributed by atoms with E-state index in [2.05, 4.69) is 48.4 Å². The van der Waals surface area contributed by atoms with Crippen LogP contribution in [-0.4, -0.2) is 16.1 Å². The summed E-state index contributed by atoms with van der Waals surface area (Å²) in [5, 5.41) is 4.13. The van der Waals surface area contributed by atoms with Crippen molar-refractivity contribution in [2.75, 3.05) is 6.54 Å². The number of benzene rings is 1. The second-order valence-electron chi connectivity index (χ2n) is 5.51. The highest BCUT2D eigenvalue weighted by molar-refractivity contribution is 7.98. The molecule has 5 heteroatoms. The lowest BCUT2D eigenvalue weighted by Crippen LogP contribution is -2.18. The molecule has 0 aliphatic rings. The molecule has 0 aliphatic carbocycles. The van der Waals surface area contributed by atoms with E-state index in [1.165, 1.54) is 10.5 Å². The molecule has 2 rings (SSSR count). The van der Waals surface area contributed by atoms with Crippen LogP contribution in [0.2, 0.25) is 5.15 Å². The van der Waals surface area contributed by atoms with Crippen molar-refractivity contribution in [3.63, 3.8) is 0 Å². The zero-order chi connectivity index (χ0) is 15.2.